The van der Waals surface area contributed by atoms with Crippen molar-refractivity contribution in [2.45, 2.75) is 46.1 Å². The summed E-state index contributed by atoms with van der Waals surface area (Å²) < 4.78 is 3.95. The molecule has 0 radical (unpaired) electrons. The summed E-state index contributed by atoms with van der Waals surface area (Å²) in [5.41, 5.74) is 2.74. The van der Waals surface area contributed by atoms with Gasteiger partial charge in [-0.3, -0.25) is 4.79 Å². The Labute approximate surface area is 199 Å². The van der Waals surface area contributed by atoms with Crippen molar-refractivity contribution in [2.75, 3.05) is 0 Å². The van der Waals surface area contributed by atoms with Crippen molar-refractivity contribution in [3.05, 3.63) is 74.4 Å². The maximum Gasteiger partial charge on any atom is 0.326 e. The Morgan fingerprint density at radius 2 is 1.94 bits per heavy atom. The Bertz CT molecular complexity index is 1470. The lowest BCUT2D eigenvalue weighted by Crippen LogP contribution is -2.23. The summed E-state index contributed by atoms with van der Waals surface area (Å²) in [6, 6.07) is 12.3. The van der Waals surface area contributed by atoms with Crippen LogP contribution in [-0.4, -0.2) is 31.5 Å². The van der Waals surface area contributed by atoms with Crippen molar-refractivity contribution >= 4 is 49.9 Å². The number of hydrogen-bond acceptors (Lipinski definition) is 4. The SMILES string of the molecule is CC[C@@H](C)c1nc2ccc(Br)cc2c(=O)n1N=Cc1c(C)n([C@H](C)C(=O)O)c2ccccc12. The van der Waals surface area contributed by atoms with Crippen LogP contribution in [0.25, 0.3) is 21.8 Å². The standard InChI is InChI=1S/C25H25BrN4O3/c1-5-14(2)23-28-21-11-10-17(26)12-19(21)24(31)30(23)27-13-20-15(3)29(16(4)25(32)33)22-9-7-6-8-18(20)22/h6-14,16H,5H2,1-4H3,(H,32,33)/t14-,16-/m1/s1. The van der Waals surface area contributed by atoms with Crippen molar-refractivity contribution in [1.29, 1.82) is 0 Å². The Morgan fingerprint density at radius 3 is 2.64 bits per heavy atom. The molecule has 0 bridgehead atoms. The summed E-state index contributed by atoms with van der Waals surface area (Å²) in [4.78, 5) is 29.9. The third-order valence-corrected chi connectivity index (χ3v) is 6.63. The molecule has 2 atom stereocenters. The third kappa shape index (κ3) is 3.99. The highest BCUT2D eigenvalue weighted by atomic mass is 79.9. The van der Waals surface area contributed by atoms with Crippen molar-refractivity contribution in [3.8, 4) is 0 Å². The largest absolute Gasteiger partial charge is 0.480 e. The van der Waals surface area contributed by atoms with Crippen LogP contribution in [0.1, 0.15) is 56.2 Å². The maximum absolute atomic E-state index is 13.4. The number of halogens is 1. The smallest absolute Gasteiger partial charge is 0.326 e. The molecule has 2 aromatic carbocycles. The van der Waals surface area contributed by atoms with Gasteiger partial charge in [0.1, 0.15) is 11.9 Å². The molecule has 1 N–H and O–H groups in total. The number of rotatable bonds is 6. The topological polar surface area (TPSA) is 89.5 Å². The number of nitrogens with zero attached hydrogens (tertiary/aromatic N) is 4. The second kappa shape index (κ2) is 8.94. The van der Waals surface area contributed by atoms with E-state index in [2.05, 4.69) is 21.0 Å². The number of benzene rings is 2. The van der Waals surface area contributed by atoms with Crippen LogP contribution in [0.4, 0.5) is 0 Å². The van der Waals surface area contributed by atoms with E-state index in [-0.39, 0.29) is 11.5 Å². The van der Waals surface area contributed by atoms with Crippen molar-refractivity contribution in [1.82, 2.24) is 14.2 Å². The molecular formula is C25H25BrN4O3. The Morgan fingerprint density at radius 1 is 1.21 bits per heavy atom. The number of para-hydroxylation sites is 1. The summed E-state index contributed by atoms with van der Waals surface area (Å²) in [6.07, 6.45) is 2.44. The minimum atomic E-state index is -0.915. The lowest BCUT2D eigenvalue weighted by Gasteiger charge is -2.14. The first-order valence-electron chi connectivity index (χ1n) is 10.8. The van der Waals surface area contributed by atoms with Crippen LogP contribution in [0, 0.1) is 6.92 Å². The molecule has 2 aromatic heterocycles. The van der Waals surface area contributed by atoms with Gasteiger partial charge in [-0.05, 0) is 44.5 Å². The van der Waals surface area contributed by atoms with Gasteiger partial charge in [0, 0.05) is 32.6 Å². The molecule has 0 saturated heterocycles. The molecule has 0 aliphatic heterocycles. The van der Waals surface area contributed by atoms with Crippen LogP contribution in [0.3, 0.4) is 0 Å². The van der Waals surface area contributed by atoms with Gasteiger partial charge in [0.25, 0.3) is 5.56 Å². The Balaban J connectivity index is 1.96. The Hall–Kier alpha value is -3.26. The zero-order valence-corrected chi connectivity index (χ0v) is 20.5. The van der Waals surface area contributed by atoms with E-state index in [9.17, 15) is 14.7 Å². The number of fused-ring (bicyclic) bond motifs is 2. The monoisotopic (exact) mass is 508 g/mol. The lowest BCUT2D eigenvalue weighted by atomic mass is 10.1. The quantitative estimate of drug-likeness (QED) is 0.350. The number of carboxylic acid groups (broad SMARTS) is 1. The van der Waals surface area contributed by atoms with Gasteiger partial charge in [0.2, 0.25) is 0 Å². The fraction of sp³-hybridized carbons (Fsp3) is 0.280. The van der Waals surface area contributed by atoms with Gasteiger partial charge >= 0.3 is 5.97 Å². The average molecular weight is 509 g/mol. The molecule has 0 spiro atoms. The van der Waals surface area contributed by atoms with Gasteiger partial charge in [-0.25, -0.2) is 9.78 Å². The van der Waals surface area contributed by atoms with E-state index < -0.39 is 12.0 Å². The van der Waals surface area contributed by atoms with Crippen LogP contribution >= 0.6 is 15.9 Å². The molecule has 0 fully saturated rings. The van der Waals surface area contributed by atoms with E-state index >= 15 is 0 Å². The molecule has 4 rings (SSSR count). The molecule has 0 aliphatic rings. The maximum atomic E-state index is 13.4. The fourth-order valence-electron chi connectivity index (χ4n) is 4.08. The lowest BCUT2D eigenvalue weighted by molar-refractivity contribution is -0.140. The van der Waals surface area contributed by atoms with Crippen molar-refractivity contribution in [2.24, 2.45) is 5.10 Å². The zero-order valence-electron chi connectivity index (χ0n) is 18.9. The van der Waals surface area contributed by atoms with Crippen LogP contribution in [0.5, 0.6) is 0 Å². The molecule has 170 valence electrons. The number of aliphatic carboxylic acids is 1. The molecule has 33 heavy (non-hydrogen) atoms. The van der Waals surface area contributed by atoms with Gasteiger partial charge in [0.05, 0.1) is 17.1 Å². The van der Waals surface area contributed by atoms with E-state index in [1.54, 1.807) is 23.8 Å². The van der Waals surface area contributed by atoms with E-state index in [0.29, 0.717) is 16.7 Å². The van der Waals surface area contributed by atoms with Crippen LogP contribution in [-0.2, 0) is 4.79 Å². The first kappa shape index (κ1) is 22.9. The van der Waals surface area contributed by atoms with Crippen LogP contribution < -0.4 is 5.56 Å². The number of hydrogen-bond donors (Lipinski definition) is 1. The number of carbonyl (C=O) groups is 1. The van der Waals surface area contributed by atoms with Gasteiger partial charge < -0.3 is 9.67 Å². The predicted octanol–water partition coefficient (Wildman–Crippen LogP) is 5.46. The minimum absolute atomic E-state index is 0.0253. The van der Waals surface area contributed by atoms with Crippen LogP contribution in [0.15, 0.2) is 56.8 Å². The zero-order chi connectivity index (χ0) is 23.9. The van der Waals surface area contributed by atoms with E-state index in [4.69, 9.17) is 4.98 Å². The molecule has 7 nitrogen and oxygen atoms in total. The molecule has 4 aromatic rings. The molecule has 0 unspecified atom stereocenters. The molecular weight excluding hydrogens is 484 g/mol. The highest BCUT2D eigenvalue weighted by molar-refractivity contribution is 9.10. The summed E-state index contributed by atoms with van der Waals surface area (Å²) >= 11 is 3.43. The van der Waals surface area contributed by atoms with E-state index in [1.165, 1.54) is 4.68 Å². The summed E-state index contributed by atoms with van der Waals surface area (Å²) in [7, 11) is 0. The minimum Gasteiger partial charge on any atom is -0.480 e. The van der Waals surface area contributed by atoms with Crippen LogP contribution in [0.2, 0.25) is 0 Å². The van der Waals surface area contributed by atoms with Gasteiger partial charge in [-0.1, -0.05) is 48.0 Å². The summed E-state index contributed by atoms with van der Waals surface area (Å²) in [5, 5.41) is 15.6. The summed E-state index contributed by atoms with van der Waals surface area (Å²) in [6.45, 7) is 7.58. The fourth-order valence-corrected chi connectivity index (χ4v) is 4.44. The normalized spacial score (nSPS) is 13.7. The number of aromatic nitrogens is 3. The first-order valence-corrected chi connectivity index (χ1v) is 11.6. The third-order valence-electron chi connectivity index (χ3n) is 6.14. The molecule has 0 saturated carbocycles. The highest BCUT2D eigenvalue weighted by Gasteiger charge is 2.21. The van der Waals surface area contributed by atoms with E-state index in [0.717, 1.165) is 33.1 Å². The molecule has 0 aliphatic carbocycles. The average Bonchev–Trinajstić information content (AvgIpc) is 3.08. The van der Waals surface area contributed by atoms with Gasteiger partial charge in [0.15, 0.2) is 0 Å². The van der Waals surface area contributed by atoms with Gasteiger partial charge in [-0.15, -0.1) is 0 Å². The molecule has 2 heterocycles. The molecule has 0 amide bonds. The second-order valence-corrected chi connectivity index (χ2v) is 9.12. The second-order valence-electron chi connectivity index (χ2n) is 8.20. The first-order chi connectivity index (χ1) is 15.7. The van der Waals surface area contributed by atoms with E-state index in [1.807, 2.05) is 57.2 Å². The Kier molecular flexibility index (Phi) is 6.21. The molecule has 8 heteroatoms. The predicted molar refractivity (Wildman–Crippen MR) is 134 cm³/mol. The summed E-state index contributed by atoms with van der Waals surface area (Å²) in [5.74, 6) is -0.298. The van der Waals surface area contributed by atoms with Gasteiger partial charge in [-0.2, -0.15) is 9.78 Å². The van der Waals surface area contributed by atoms with Crippen molar-refractivity contribution in [3.63, 3.8) is 0 Å². The highest BCUT2D eigenvalue weighted by Crippen LogP contribution is 2.28. The number of carboxylic acids is 1. The van der Waals surface area contributed by atoms with Crippen molar-refractivity contribution < 1.29 is 9.90 Å².